The second-order valence-corrected chi connectivity index (χ2v) is 4.63. The van der Waals surface area contributed by atoms with E-state index in [9.17, 15) is 4.79 Å². The van der Waals surface area contributed by atoms with Gasteiger partial charge in [0.2, 0.25) is 0 Å². The van der Waals surface area contributed by atoms with Crippen molar-refractivity contribution >= 4 is 28.8 Å². The smallest absolute Gasteiger partial charge is 0.263 e. The Kier molecular flexibility index (Phi) is 4.57. The van der Waals surface area contributed by atoms with Crippen molar-refractivity contribution in [3.63, 3.8) is 0 Å². The topological polar surface area (TPSA) is 55.1 Å². The van der Waals surface area contributed by atoms with Crippen LogP contribution in [0.3, 0.4) is 0 Å². The van der Waals surface area contributed by atoms with E-state index in [4.69, 9.17) is 17.3 Å². The summed E-state index contributed by atoms with van der Waals surface area (Å²) in [5.41, 5.74) is 6.45. The van der Waals surface area contributed by atoms with Crippen LogP contribution in [-0.2, 0) is 0 Å². The fourth-order valence-electron chi connectivity index (χ4n) is 1.16. The van der Waals surface area contributed by atoms with Crippen LogP contribution in [0.15, 0.2) is 5.38 Å². The predicted octanol–water partition coefficient (Wildman–Crippen LogP) is 2.18. The summed E-state index contributed by atoms with van der Waals surface area (Å²) in [6.45, 7) is 4.32. The first kappa shape index (κ1) is 12.5. The van der Waals surface area contributed by atoms with Crippen LogP contribution in [0.1, 0.15) is 28.6 Å². The van der Waals surface area contributed by atoms with Crippen LogP contribution in [0.2, 0.25) is 5.02 Å². The molecule has 0 bridgehead atoms. The highest BCUT2D eigenvalue weighted by atomic mass is 35.5. The summed E-state index contributed by atoms with van der Waals surface area (Å²) in [5, 5.41) is 5.27. The van der Waals surface area contributed by atoms with Gasteiger partial charge in [0, 0.05) is 12.6 Å². The van der Waals surface area contributed by atoms with Crippen molar-refractivity contribution in [2.75, 3.05) is 6.54 Å². The van der Waals surface area contributed by atoms with Gasteiger partial charge in [0.15, 0.2) is 0 Å². The van der Waals surface area contributed by atoms with Crippen LogP contribution in [-0.4, -0.2) is 18.5 Å². The molecule has 3 nitrogen and oxygen atoms in total. The lowest BCUT2D eigenvalue weighted by molar-refractivity contribution is 0.0941. The van der Waals surface area contributed by atoms with Crippen molar-refractivity contribution in [3.05, 3.63) is 20.8 Å². The number of nitrogens with two attached hydrogens (primary N) is 1. The number of carbonyl (C=O) groups is 1. The van der Waals surface area contributed by atoms with Crippen LogP contribution in [0.25, 0.3) is 0 Å². The third kappa shape index (κ3) is 2.93. The Morgan fingerprint density at radius 2 is 2.40 bits per heavy atom. The van der Waals surface area contributed by atoms with E-state index >= 15 is 0 Å². The fraction of sp³-hybridized carbons (Fsp3) is 0.500. The SMILES string of the molecule is CCC(CN)NC(=O)c1scc(C)c1Cl. The van der Waals surface area contributed by atoms with Gasteiger partial charge in [-0.3, -0.25) is 4.79 Å². The van der Waals surface area contributed by atoms with Crippen molar-refractivity contribution in [1.29, 1.82) is 0 Å². The van der Waals surface area contributed by atoms with E-state index < -0.39 is 0 Å². The molecule has 5 heteroatoms. The van der Waals surface area contributed by atoms with Gasteiger partial charge in [-0.05, 0) is 24.3 Å². The summed E-state index contributed by atoms with van der Waals surface area (Å²) in [6.07, 6.45) is 0.824. The number of amides is 1. The average Bonchev–Trinajstić information content (AvgIpc) is 2.56. The minimum Gasteiger partial charge on any atom is -0.347 e. The Morgan fingerprint density at radius 3 is 2.80 bits per heavy atom. The van der Waals surface area contributed by atoms with E-state index in [-0.39, 0.29) is 11.9 Å². The molecule has 1 unspecified atom stereocenters. The second kappa shape index (κ2) is 5.49. The standard InChI is InChI=1S/C10H15ClN2OS/c1-3-7(4-12)13-10(14)9-8(11)6(2)5-15-9/h5,7H,3-4,12H2,1-2H3,(H,13,14). The van der Waals surface area contributed by atoms with Gasteiger partial charge in [0.1, 0.15) is 4.88 Å². The first-order chi connectivity index (χ1) is 7.10. The third-order valence-corrected chi connectivity index (χ3v) is 3.91. The quantitative estimate of drug-likeness (QED) is 0.856. The van der Waals surface area contributed by atoms with Gasteiger partial charge in [-0.2, -0.15) is 0 Å². The number of rotatable bonds is 4. The van der Waals surface area contributed by atoms with Crippen molar-refractivity contribution in [2.24, 2.45) is 5.73 Å². The highest BCUT2D eigenvalue weighted by Gasteiger charge is 2.16. The van der Waals surface area contributed by atoms with Crippen LogP contribution < -0.4 is 11.1 Å². The lowest BCUT2D eigenvalue weighted by Crippen LogP contribution is -2.39. The zero-order valence-electron chi connectivity index (χ0n) is 8.84. The summed E-state index contributed by atoms with van der Waals surface area (Å²) in [6, 6.07) is 0.0240. The molecule has 0 radical (unpaired) electrons. The molecule has 0 aliphatic heterocycles. The average molecular weight is 247 g/mol. The van der Waals surface area contributed by atoms with E-state index in [1.165, 1.54) is 11.3 Å². The maximum Gasteiger partial charge on any atom is 0.263 e. The molecule has 84 valence electrons. The Labute approximate surface area is 98.6 Å². The maximum absolute atomic E-state index is 11.8. The molecule has 3 N–H and O–H groups in total. The van der Waals surface area contributed by atoms with Crippen molar-refractivity contribution in [2.45, 2.75) is 26.3 Å². The van der Waals surface area contributed by atoms with Crippen molar-refractivity contribution < 1.29 is 4.79 Å². The van der Waals surface area contributed by atoms with Crippen LogP contribution in [0.4, 0.5) is 0 Å². The number of hydrogen-bond acceptors (Lipinski definition) is 3. The Hall–Kier alpha value is -0.580. The molecule has 1 heterocycles. The molecule has 1 aromatic rings. The molecular formula is C10H15ClN2OS. The van der Waals surface area contributed by atoms with E-state index in [0.29, 0.717) is 16.4 Å². The lowest BCUT2D eigenvalue weighted by Gasteiger charge is -2.13. The molecule has 0 saturated heterocycles. The molecule has 0 saturated carbocycles. The van der Waals surface area contributed by atoms with E-state index in [1.54, 1.807) is 0 Å². The molecule has 1 atom stereocenters. The minimum atomic E-state index is -0.129. The van der Waals surface area contributed by atoms with Crippen molar-refractivity contribution in [1.82, 2.24) is 5.32 Å². The molecular weight excluding hydrogens is 232 g/mol. The number of halogens is 1. The Morgan fingerprint density at radius 1 is 1.73 bits per heavy atom. The summed E-state index contributed by atoms with van der Waals surface area (Å²) in [7, 11) is 0. The van der Waals surface area contributed by atoms with E-state index in [2.05, 4.69) is 5.32 Å². The Bertz CT molecular complexity index is 347. The van der Waals surface area contributed by atoms with Crippen LogP contribution >= 0.6 is 22.9 Å². The molecule has 0 fully saturated rings. The van der Waals surface area contributed by atoms with Gasteiger partial charge >= 0.3 is 0 Å². The van der Waals surface area contributed by atoms with E-state index in [0.717, 1.165) is 12.0 Å². The lowest BCUT2D eigenvalue weighted by atomic mass is 10.2. The van der Waals surface area contributed by atoms with Gasteiger partial charge < -0.3 is 11.1 Å². The largest absolute Gasteiger partial charge is 0.347 e. The first-order valence-electron chi connectivity index (χ1n) is 4.84. The first-order valence-corrected chi connectivity index (χ1v) is 6.10. The second-order valence-electron chi connectivity index (χ2n) is 3.38. The summed E-state index contributed by atoms with van der Waals surface area (Å²) in [5.74, 6) is -0.129. The molecule has 15 heavy (non-hydrogen) atoms. The molecule has 0 aromatic carbocycles. The number of hydrogen-bond donors (Lipinski definition) is 2. The minimum absolute atomic E-state index is 0.0240. The van der Waals surface area contributed by atoms with E-state index in [1.807, 2.05) is 19.2 Å². The molecule has 0 spiro atoms. The van der Waals surface area contributed by atoms with Gasteiger partial charge in [-0.15, -0.1) is 11.3 Å². The third-order valence-electron chi connectivity index (χ3n) is 2.22. The molecule has 0 aliphatic carbocycles. The summed E-state index contributed by atoms with van der Waals surface area (Å²) < 4.78 is 0. The molecule has 0 aliphatic rings. The predicted molar refractivity (Wildman–Crippen MR) is 64.7 cm³/mol. The zero-order chi connectivity index (χ0) is 11.4. The number of aryl methyl sites for hydroxylation is 1. The van der Waals surface area contributed by atoms with Gasteiger partial charge in [-0.25, -0.2) is 0 Å². The maximum atomic E-state index is 11.8. The van der Waals surface area contributed by atoms with Gasteiger partial charge in [-0.1, -0.05) is 18.5 Å². The fourth-order valence-corrected chi connectivity index (χ4v) is 2.34. The monoisotopic (exact) mass is 246 g/mol. The van der Waals surface area contributed by atoms with Crippen LogP contribution in [0, 0.1) is 6.92 Å². The molecule has 1 aromatic heterocycles. The number of carbonyl (C=O) groups excluding carboxylic acids is 1. The van der Waals surface area contributed by atoms with Crippen molar-refractivity contribution in [3.8, 4) is 0 Å². The Balaban J connectivity index is 2.73. The highest BCUT2D eigenvalue weighted by Crippen LogP contribution is 2.26. The molecule has 1 rings (SSSR count). The number of thiophene rings is 1. The summed E-state index contributed by atoms with van der Waals surface area (Å²) >= 11 is 7.35. The van der Waals surface area contributed by atoms with Gasteiger partial charge in [0.05, 0.1) is 5.02 Å². The van der Waals surface area contributed by atoms with Gasteiger partial charge in [0.25, 0.3) is 5.91 Å². The molecule has 1 amide bonds. The number of nitrogens with one attached hydrogen (secondary N) is 1. The normalized spacial score (nSPS) is 12.5. The van der Waals surface area contributed by atoms with Crippen LogP contribution in [0.5, 0.6) is 0 Å². The highest BCUT2D eigenvalue weighted by molar-refractivity contribution is 7.13. The zero-order valence-corrected chi connectivity index (χ0v) is 10.4. The summed E-state index contributed by atoms with van der Waals surface area (Å²) in [4.78, 5) is 12.3.